The first-order valence-corrected chi connectivity index (χ1v) is 6.11. The van der Waals surface area contributed by atoms with E-state index in [1.165, 1.54) is 20.3 Å². The van der Waals surface area contributed by atoms with E-state index in [9.17, 15) is 15.0 Å². The maximum atomic E-state index is 12.6. The average molecular weight is 288 g/mol. The van der Waals surface area contributed by atoms with E-state index < -0.39 is 11.2 Å². The highest BCUT2D eigenvalue weighted by atomic mass is 16.5. The zero-order valence-electron chi connectivity index (χ0n) is 11.3. The minimum atomic E-state index is -0.464. The van der Waals surface area contributed by atoms with E-state index in [4.69, 9.17) is 13.9 Å². The zero-order chi connectivity index (χ0) is 15.1. The molecule has 0 aliphatic heterocycles. The SMILES string of the molecule is COc1c(O)cc2oc3cccc(OC)c3c(=O)c2c1O. The fourth-order valence-corrected chi connectivity index (χ4v) is 2.35. The molecular weight excluding hydrogens is 276 g/mol. The monoisotopic (exact) mass is 288 g/mol. The lowest BCUT2D eigenvalue weighted by molar-refractivity contribution is 0.346. The van der Waals surface area contributed by atoms with Crippen LogP contribution in [0.25, 0.3) is 21.9 Å². The van der Waals surface area contributed by atoms with Crippen LogP contribution in [-0.4, -0.2) is 24.4 Å². The molecule has 1 aromatic heterocycles. The number of hydrogen-bond acceptors (Lipinski definition) is 6. The minimum Gasteiger partial charge on any atom is -0.504 e. The Bertz CT molecular complexity index is 910. The van der Waals surface area contributed by atoms with Gasteiger partial charge < -0.3 is 24.1 Å². The lowest BCUT2D eigenvalue weighted by Crippen LogP contribution is -2.05. The Labute approximate surface area is 118 Å². The number of hydrogen-bond donors (Lipinski definition) is 2. The molecule has 1 heterocycles. The third kappa shape index (κ3) is 1.76. The fourth-order valence-electron chi connectivity index (χ4n) is 2.35. The van der Waals surface area contributed by atoms with Crippen molar-refractivity contribution in [3.8, 4) is 23.0 Å². The highest BCUT2D eigenvalue weighted by Crippen LogP contribution is 2.41. The van der Waals surface area contributed by atoms with E-state index >= 15 is 0 Å². The van der Waals surface area contributed by atoms with Crippen LogP contribution in [0.5, 0.6) is 23.0 Å². The van der Waals surface area contributed by atoms with Crippen LogP contribution in [-0.2, 0) is 0 Å². The molecule has 108 valence electrons. The summed E-state index contributed by atoms with van der Waals surface area (Å²) in [6.07, 6.45) is 0. The smallest absolute Gasteiger partial charge is 0.208 e. The van der Waals surface area contributed by atoms with E-state index in [1.54, 1.807) is 18.2 Å². The van der Waals surface area contributed by atoms with Crippen molar-refractivity contribution >= 4 is 21.9 Å². The summed E-state index contributed by atoms with van der Waals surface area (Å²) in [5, 5.41) is 20.1. The van der Waals surface area contributed by atoms with Crippen LogP contribution in [0, 0.1) is 0 Å². The van der Waals surface area contributed by atoms with Gasteiger partial charge in [0.15, 0.2) is 11.5 Å². The van der Waals surface area contributed by atoms with E-state index in [1.807, 2.05) is 0 Å². The number of rotatable bonds is 2. The van der Waals surface area contributed by atoms with Crippen molar-refractivity contribution in [2.24, 2.45) is 0 Å². The largest absolute Gasteiger partial charge is 0.504 e. The van der Waals surface area contributed by atoms with Gasteiger partial charge in [-0.15, -0.1) is 0 Å². The fraction of sp³-hybridized carbons (Fsp3) is 0.133. The topological polar surface area (TPSA) is 89.1 Å². The minimum absolute atomic E-state index is 0.0663. The van der Waals surface area contributed by atoms with E-state index in [0.29, 0.717) is 11.3 Å². The highest BCUT2D eigenvalue weighted by Gasteiger charge is 2.20. The summed E-state index contributed by atoms with van der Waals surface area (Å²) in [5.74, 6) is -0.611. The Morgan fingerprint density at radius 3 is 2.48 bits per heavy atom. The molecular formula is C15H12O6. The number of ether oxygens (including phenoxy) is 2. The summed E-state index contributed by atoms with van der Waals surface area (Å²) < 4.78 is 15.6. The molecule has 0 saturated carbocycles. The number of phenols is 2. The molecule has 3 aromatic rings. The summed E-state index contributed by atoms with van der Waals surface area (Å²) in [6.45, 7) is 0. The molecule has 0 aliphatic carbocycles. The van der Waals surface area contributed by atoms with Crippen LogP contribution in [0.2, 0.25) is 0 Å². The summed E-state index contributed by atoms with van der Waals surface area (Å²) >= 11 is 0. The Kier molecular flexibility index (Phi) is 2.86. The molecule has 2 aromatic carbocycles. The number of aromatic hydroxyl groups is 2. The molecule has 0 aliphatic rings. The first-order valence-electron chi connectivity index (χ1n) is 6.11. The predicted molar refractivity (Wildman–Crippen MR) is 76.4 cm³/mol. The Morgan fingerprint density at radius 2 is 1.81 bits per heavy atom. The second kappa shape index (κ2) is 4.59. The van der Waals surface area contributed by atoms with Gasteiger partial charge in [0.2, 0.25) is 11.2 Å². The summed E-state index contributed by atoms with van der Waals surface area (Å²) in [7, 11) is 2.72. The van der Waals surface area contributed by atoms with Crippen LogP contribution >= 0.6 is 0 Å². The maximum absolute atomic E-state index is 12.6. The highest BCUT2D eigenvalue weighted by molar-refractivity contribution is 5.97. The van der Waals surface area contributed by atoms with Crippen LogP contribution in [0.1, 0.15) is 0 Å². The Balaban J connectivity index is 2.59. The average Bonchev–Trinajstić information content (AvgIpc) is 2.46. The predicted octanol–water partition coefficient (Wildman–Crippen LogP) is 2.37. The second-order valence-electron chi connectivity index (χ2n) is 4.42. The van der Waals surface area contributed by atoms with Gasteiger partial charge in [-0.3, -0.25) is 4.79 Å². The molecule has 6 nitrogen and oxygen atoms in total. The van der Waals surface area contributed by atoms with E-state index in [-0.39, 0.29) is 27.9 Å². The Morgan fingerprint density at radius 1 is 1.05 bits per heavy atom. The number of methoxy groups -OCH3 is 2. The quantitative estimate of drug-likeness (QED) is 0.704. The molecule has 0 unspecified atom stereocenters. The molecule has 0 fully saturated rings. The van der Waals surface area contributed by atoms with Crippen molar-refractivity contribution in [2.75, 3.05) is 14.2 Å². The van der Waals surface area contributed by atoms with Crippen LogP contribution in [0.4, 0.5) is 0 Å². The number of benzene rings is 2. The summed E-state index contributed by atoms with van der Waals surface area (Å²) in [5.41, 5.74) is -0.0909. The lowest BCUT2D eigenvalue weighted by atomic mass is 10.1. The second-order valence-corrected chi connectivity index (χ2v) is 4.42. The van der Waals surface area contributed by atoms with Gasteiger partial charge in [-0.25, -0.2) is 0 Å². The van der Waals surface area contributed by atoms with Crippen molar-refractivity contribution in [3.05, 3.63) is 34.5 Å². The van der Waals surface area contributed by atoms with Crippen LogP contribution < -0.4 is 14.9 Å². The van der Waals surface area contributed by atoms with Crippen molar-refractivity contribution in [1.29, 1.82) is 0 Å². The molecule has 0 saturated heterocycles. The van der Waals surface area contributed by atoms with Crippen molar-refractivity contribution in [2.45, 2.75) is 0 Å². The van der Waals surface area contributed by atoms with Crippen LogP contribution in [0.15, 0.2) is 33.5 Å². The van der Waals surface area contributed by atoms with Gasteiger partial charge in [0.1, 0.15) is 27.7 Å². The molecule has 0 radical (unpaired) electrons. The molecule has 0 bridgehead atoms. The van der Waals surface area contributed by atoms with Gasteiger partial charge in [0.25, 0.3) is 0 Å². The molecule has 3 rings (SSSR count). The molecule has 2 N–H and O–H groups in total. The Hall–Kier alpha value is -2.89. The molecule has 0 atom stereocenters. The van der Waals surface area contributed by atoms with E-state index in [0.717, 1.165) is 0 Å². The van der Waals surface area contributed by atoms with Gasteiger partial charge in [0.05, 0.1) is 14.2 Å². The number of phenolic OH excluding ortho intramolecular Hbond substituents is 2. The van der Waals surface area contributed by atoms with Gasteiger partial charge in [-0.1, -0.05) is 6.07 Å². The van der Waals surface area contributed by atoms with Crippen molar-refractivity contribution < 1.29 is 24.1 Å². The molecule has 21 heavy (non-hydrogen) atoms. The summed E-state index contributed by atoms with van der Waals surface area (Å²) in [6, 6.07) is 6.14. The van der Waals surface area contributed by atoms with Gasteiger partial charge in [-0.2, -0.15) is 0 Å². The van der Waals surface area contributed by atoms with Gasteiger partial charge in [-0.05, 0) is 12.1 Å². The van der Waals surface area contributed by atoms with Crippen molar-refractivity contribution in [1.82, 2.24) is 0 Å². The molecule has 6 heteroatoms. The summed E-state index contributed by atoms with van der Waals surface area (Å²) in [4.78, 5) is 12.6. The molecule has 0 spiro atoms. The lowest BCUT2D eigenvalue weighted by Gasteiger charge is -2.10. The van der Waals surface area contributed by atoms with Crippen LogP contribution in [0.3, 0.4) is 0 Å². The first-order chi connectivity index (χ1) is 10.1. The van der Waals surface area contributed by atoms with E-state index in [2.05, 4.69) is 0 Å². The van der Waals surface area contributed by atoms with Gasteiger partial charge >= 0.3 is 0 Å². The first kappa shape index (κ1) is 13.1. The third-order valence-electron chi connectivity index (χ3n) is 3.28. The number of fused-ring (bicyclic) bond motifs is 2. The third-order valence-corrected chi connectivity index (χ3v) is 3.28. The normalized spacial score (nSPS) is 11.0. The maximum Gasteiger partial charge on any atom is 0.208 e. The van der Waals surface area contributed by atoms with Gasteiger partial charge in [0, 0.05) is 6.07 Å². The van der Waals surface area contributed by atoms with Crippen molar-refractivity contribution in [3.63, 3.8) is 0 Å². The zero-order valence-corrected chi connectivity index (χ0v) is 11.3. The standard InChI is InChI=1S/C15H12O6/c1-19-8-4-3-5-9-11(8)13(17)12-10(21-9)6-7(16)15(20-2)14(12)18/h3-6,16,18H,1-2H3. The molecule has 0 amide bonds.